The Morgan fingerprint density at radius 2 is 2.07 bits per heavy atom. The second-order valence-corrected chi connectivity index (χ2v) is 7.76. The number of methoxy groups -OCH3 is 1. The van der Waals surface area contributed by atoms with E-state index in [9.17, 15) is 9.59 Å². The number of carbonyl (C=O) groups is 2. The monoisotopic (exact) mass is 391 g/mol. The number of carbonyl (C=O) groups excluding carboxylic acids is 2. The molecule has 0 amide bonds. The van der Waals surface area contributed by atoms with Crippen LogP contribution in [0.4, 0.5) is 0 Å². The van der Waals surface area contributed by atoms with Crippen molar-refractivity contribution in [2.24, 2.45) is 0 Å². The smallest absolute Gasteiger partial charge is 0.330 e. The standard InChI is InChI=1S/C24H25NO4/c1-28-23(27)10-8-19-7-9-22-20(15-19)21(26)16-24(29-22)12-14-25(17-24)13-11-18-5-3-2-4-6-18/h2-10,15H,11-14,16-17H2,1H3. The normalized spacial score (nSPS) is 21.3. The van der Waals surface area contributed by atoms with Crippen LogP contribution in [0.5, 0.6) is 5.75 Å². The number of esters is 1. The molecule has 0 radical (unpaired) electrons. The van der Waals surface area contributed by atoms with Crippen molar-refractivity contribution in [3.05, 3.63) is 71.3 Å². The molecule has 0 saturated carbocycles. The Labute approximate surface area is 170 Å². The number of benzene rings is 2. The van der Waals surface area contributed by atoms with Gasteiger partial charge in [-0.25, -0.2) is 4.79 Å². The Hall–Kier alpha value is -2.92. The number of nitrogens with zero attached hydrogens (tertiary/aromatic N) is 1. The number of hydrogen-bond acceptors (Lipinski definition) is 5. The van der Waals surface area contributed by atoms with Gasteiger partial charge in [0.05, 0.1) is 19.1 Å². The predicted octanol–water partition coefficient (Wildman–Crippen LogP) is 3.53. The number of hydrogen-bond donors (Lipinski definition) is 0. The van der Waals surface area contributed by atoms with Gasteiger partial charge in [-0.3, -0.25) is 9.69 Å². The first kappa shape index (κ1) is 19.4. The molecule has 4 rings (SSSR count). The van der Waals surface area contributed by atoms with Crippen LogP contribution in [0.2, 0.25) is 0 Å². The van der Waals surface area contributed by atoms with E-state index >= 15 is 0 Å². The third-order valence-electron chi connectivity index (χ3n) is 5.68. The molecular weight excluding hydrogens is 366 g/mol. The lowest BCUT2D eigenvalue weighted by atomic mass is 9.88. The van der Waals surface area contributed by atoms with Crippen LogP contribution < -0.4 is 4.74 Å². The number of likely N-dealkylation sites (tertiary alicyclic amines) is 1. The molecule has 5 heteroatoms. The van der Waals surface area contributed by atoms with Crippen LogP contribution in [0.1, 0.15) is 34.3 Å². The molecule has 29 heavy (non-hydrogen) atoms. The highest BCUT2D eigenvalue weighted by Crippen LogP contribution is 2.39. The van der Waals surface area contributed by atoms with E-state index in [0.29, 0.717) is 17.7 Å². The number of fused-ring (bicyclic) bond motifs is 1. The Morgan fingerprint density at radius 1 is 1.24 bits per heavy atom. The third-order valence-corrected chi connectivity index (χ3v) is 5.68. The highest BCUT2D eigenvalue weighted by Gasteiger charge is 2.45. The van der Waals surface area contributed by atoms with Crippen LogP contribution in [-0.4, -0.2) is 49.0 Å². The molecule has 1 fully saturated rings. The number of ether oxygens (including phenoxy) is 2. The van der Waals surface area contributed by atoms with Gasteiger partial charge in [-0.15, -0.1) is 0 Å². The maximum atomic E-state index is 12.9. The predicted molar refractivity (Wildman–Crippen MR) is 111 cm³/mol. The zero-order chi connectivity index (χ0) is 20.3. The summed E-state index contributed by atoms with van der Waals surface area (Å²) in [6, 6.07) is 15.9. The Bertz CT molecular complexity index is 937. The number of ketones is 1. The van der Waals surface area contributed by atoms with Crippen molar-refractivity contribution in [1.29, 1.82) is 0 Å². The molecule has 1 spiro atoms. The van der Waals surface area contributed by atoms with E-state index < -0.39 is 11.6 Å². The van der Waals surface area contributed by atoms with Gasteiger partial charge in [-0.05, 0) is 35.8 Å². The summed E-state index contributed by atoms with van der Waals surface area (Å²) in [6.07, 6.45) is 5.24. The first-order valence-corrected chi connectivity index (χ1v) is 9.95. The van der Waals surface area contributed by atoms with Gasteiger partial charge in [0, 0.05) is 32.1 Å². The van der Waals surface area contributed by atoms with Crippen molar-refractivity contribution in [3.63, 3.8) is 0 Å². The van der Waals surface area contributed by atoms with E-state index in [4.69, 9.17) is 4.74 Å². The molecule has 0 aliphatic carbocycles. The number of rotatable bonds is 5. The van der Waals surface area contributed by atoms with E-state index in [0.717, 1.165) is 38.0 Å². The molecule has 2 aliphatic heterocycles. The van der Waals surface area contributed by atoms with Crippen molar-refractivity contribution in [1.82, 2.24) is 4.90 Å². The molecule has 150 valence electrons. The fourth-order valence-electron chi connectivity index (χ4n) is 4.13. The van der Waals surface area contributed by atoms with E-state index in [1.807, 2.05) is 18.2 Å². The topological polar surface area (TPSA) is 55.8 Å². The molecule has 0 N–H and O–H groups in total. The molecule has 1 atom stereocenters. The summed E-state index contributed by atoms with van der Waals surface area (Å²) in [5.41, 5.74) is 2.26. The second kappa shape index (κ2) is 8.21. The van der Waals surface area contributed by atoms with Crippen LogP contribution >= 0.6 is 0 Å². The summed E-state index contributed by atoms with van der Waals surface area (Å²) in [5.74, 6) is 0.316. The van der Waals surface area contributed by atoms with E-state index in [1.165, 1.54) is 18.7 Å². The van der Waals surface area contributed by atoms with Gasteiger partial charge in [0.1, 0.15) is 11.4 Å². The van der Waals surface area contributed by atoms with E-state index in [1.54, 1.807) is 12.1 Å². The molecule has 5 nitrogen and oxygen atoms in total. The van der Waals surface area contributed by atoms with E-state index in [-0.39, 0.29) is 5.78 Å². The molecular formula is C24H25NO4. The minimum Gasteiger partial charge on any atom is -0.485 e. The van der Waals surface area contributed by atoms with Gasteiger partial charge < -0.3 is 9.47 Å². The highest BCUT2D eigenvalue weighted by molar-refractivity contribution is 6.01. The average Bonchev–Trinajstić information content (AvgIpc) is 3.13. The summed E-state index contributed by atoms with van der Waals surface area (Å²) in [4.78, 5) is 26.5. The van der Waals surface area contributed by atoms with Crippen LogP contribution in [0.15, 0.2) is 54.6 Å². The Kier molecular flexibility index (Phi) is 5.49. The van der Waals surface area contributed by atoms with Gasteiger partial charge in [0.25, 0.3) is 0 Å². The van der Waals surface area contributed by atoms with Gasteiger partial charge in [-0.1, -0.05) is 36.4 Å². The SMILES string of the molecule is COC(=O)C=Cc1ccc2c(c1)C(=O)CC1(CCN(CCc3ccccc3)C1)O2. The summed E-state index contributed by atoms with van der Waals surface area (Å²) < 4.78 is 11.0. The van der Waals surface area contributed by atoms with E-state index in [2.05, 4.69) is 33.9 Å². The first-order valence-electron chi connectivity index (χ1n) is 9.95. The van der Waals surface area contributed by atoms with Gasteiger partial charge in [0.15, 0.2) is 5.78 Å². The zero-order valence-electron chi connectivity index (χ0n) is 16.6. The van der Waals surface area contributed by atoms with Crippen LogP contribution in [0.25, 0.3) is 6.08 Å². The van der Waals surface area contributed by atoms with Gasteiger partial charge in [-0.2, -0.15) is 0 Å². The lowest BCUT2D eigenvalue weighted by molar-refractivity contribution is -0.134. The Balaban J connectivity index is 1.43. The maximum Gasteiger partial charge on any atom is 0.330 e. The summed E-state index contributed by atoms with van der Waals surface area (Å²) in [7, 11) is 1.33. The van der Waals surface area contributed by atoms with Crippen LogP contribution in [0.3, 0.4) is 0 Å². The minimum absolute atomic E-state index is 0.101. The number of Topliss-reactive ketones (excluding diaryl/α,β-unsaturated/α-hetero) is 1. The maximum absolute atomic E-state index is 12.9. The first-order chi connectivity index (χ1) is 14.1. The molecule has 0 bridgehead atoms. The lowest BCUT2D eigenvalue weighted by Crippen LogP contribution is -2.44. The van der Waals surface area contributed by atoms with Crippen molar-refractivity contribution in [2.75, 3.05) is 26.7 Å². The minimum atomic E-state index is -0.426. The zero-order valence-corrected chi connectivity index (χ0v) is 16.6. The molecule has 2 aromatic carbocycles. The third kappa shape index (κ3) is 4.40. The quantitative estimate of drug-likeness (QED) is 0.577. The molecule has 1 saturated heterocycles. The van der Waals surface area contributed by atoms with Gasteiger partial charge in [0.2, 0.25) is 0 Å². The lowest BCUT2D eigenvalue weighted by Gasteiger charge is -2.35. The fourth-order valence-corrected chi connectivity index (χ4v) is 4.13. The largest absolute Gasteiger partial charge is 0.485 e. The van der Waals surface area contributed by atoms with Crippen LogP contribution in [-0.2, 0) is 16.0 Å². The van der Waals surface area contributed by atoms with Crippen molar-refractivity contribution in [2.45, 2.75) is 24.9 Å². The molecule has 1 unspecified atom stereocenters. The van der Waals surface area contributed by atoms with Gasteiger partial charge >= 0.3 is 5.97 Å². The highest BCUT2D eigenvalue weighted by atomic mass is 16.5. The average molecular weight is 391 g/mol. The van der Waals surface area contributed by atoms with Crippen molar-refractivity contribution in [3.8, 4) is 5.75 Å². The Morgan fingerprint density at radius 3 is 2.86 bits per heavy atom. The summed E-state index contributed by atoms with van der Waals surface area (Å²) in [6.45, 7) is 2.68. The molecule has 2 heterocycles. The molecule has 2 aromatic rings. The summed E-state index contributed by atoms with van der Waals surface area (Å²) in [5, 5.41) is 0. The molecule has 0 aromatic heterocycles. The fraction of sp³-hybridized carbons (Fsp3) is 0.333. The molecule has 2 aliphatic rings. The second-order valence-electron chi connectivity index (χ2n) is 7.76. The van der Waals surface area contributed by atoms with Crippen LogP contribution in [0, 0.1) is 0 Å². The van der Waals surface area contributed by atoms with Crippen molar-refractivity contribution >= 4 is 17.8 Å². The summed E-state index contributed by atoms with van der Waals surface area (Å²) >= 11 is 0. The van der Waals surface area contributed by atoms with Crippen molar-refractivity contribution < 1.29 is 19.1 Å².